The summed E-state index contributed by atoms with van der Waals surface area (Å²) in [7, 11) is 0. The van der Waals surface area contributed by atoms with Gasteiger partial charge in [-0.3, -0.25) is 0 Å². The van der Waals surface area contributed by atoms with Crippen LogP contribution in [0.15, 0.2) is 36.4 Å². The van der Waals surface area contributed by atoms with Crippen molar-refractivity contribution in [3.63, 3.8) is 0 Å². The summed E-state index contributed by atoms with van der Waals surface area (Å²) in [6, 6.07) is 5.95. The lowest BCUT2D eigenvalue weighted by molar-refractivity contribution is -0.185. The molecule has 1 aliphatic rings. The lowest BCUT2D eigenvalue weighted by atomic mass is 9.89. The van der Waals surface area contributed by atoms with Crippen molar-refractivity contribution in [1.82, 2.24) is 4.98 Å². The number of aromatic nitrogens is 1. The van der Waals surface area contributed by atoms with Crippen LogP contribution in [0.25, 0.3) is 16.3 Å². The van der Waals surface area contributed by atoms with Crippen molar-refractivity contribution in [3.8, 4) is 5.75 Å². The van der Waals surface area contributed by atoms with E-state index >= 15 is 0 Å². The molecule has 1 saturated carbocycles. The predicted octanol–water partition coefficient (Wildman–Crippen LogP) is 7.44. The number of thiazole rings is 1. The monoisotopic (exact) mass is 439 g/mol. The van der Waals surface area contributed by atoms with Crippen molar-refractivity contribution in [3.05, 3.63) is 64.4 Å². The molecule has 4 rings (SSSR count). The fourth-order valence-corrected chi connectivity index (χ4v) is 4.45. The Bertz CT molecular complexity index is 1070. The topological polar surface area (TPSA) is 22.1 Å². The highest BCUT2D eigenvalue weighted by Crippen LogP contribution is 2.37. The number of halogens is 5. The molecule has 30 heavy (non-hydrogen) atoms. The molecule has 0 saturated heterocycles. The summed E-state index contributed by atoms with van der Waals surface area (Å²) in [5.74, 6) is -5.26. The summed E-state index contributed by atoms with van der Waals surface area (Å²) in [4.78, 5) is 3.89. The zero-order valence-corrected chi connectivity index (χ0v) is 16.6. The van der Waals surface area contributed by atoms with Crippen molar-refractivity contribution in [2.24, 2.45) is 5.92 Å². The number of ether oxygens (including phenoxy) is 1. The van der Waals surface area contributed by atoms with Gasteiger partial charge >= 0.3 is 6.11 Å². The van der Waals surface area contributed by atoms with Crippen LogP contribution in [0.1, 0.15) is 42.7 Å². The van der Waals surface area contributed by atoms with Gasteiger partial charge < -0.3 is 4.74 Å². The van der Waals surface area contributed by atoms with E-state index < -0.39 is 34.3 Å². The fourth-order valence-electron chi connectivity index (χ4n) is 3.53. The molecule has 0 atom stereocenters. The third-order valence-electron chi connectivity index (χ3n) is 5.08. The van der Waals surface area contributed by atoms with Crippen LogP contribution in [0.3, 0.4) is 0 Å². The molecule has 0 unspecified atom stereocenters. The number of fused-ring (bicyclic) bond motifs is 1. The van der Waals surface area contributed by atoms with Crippen molar-refractivity contribution in [2.75, 3.05) is 0 Å². The van der Waals surface area contributed by atoms with Crippen LogP contribution in [0.5, 0.6) is 5.75 Å². The molecular formula is C22H18F5NOS. The molecule has 2 nitrogen and oxygen atoms in total. The zero-order valence-electron chi connectivity index (χ0n) is 15.8. The third-order valence-corrected chi connectivity index (χ3v) is 6.14. The van der Waals surface area contributed by atoms with Gasteiger partial charge in [0, 0.05) is 12.1 Å². The highest BCUT2D eigenvalue weighted by atomic mass is 32.1. The number of alkyl halides is 2. The minimum atomic E-state index is -3.93. The molecule has 1 aliphatic carbocycles. The molecule has 1 heterocycles. The molecule has 158 valence electrons. The molecule has 0 amide bonds. The maximum Gasteiger partial charge on any atom is 0.454 e. The summed E-state index contributed by atoms with van der Waals surface area (Å²) < 4.78 is 73.6. The lowest BCUT2D eigenvalue weighted by Gasteiger charge is -2.17. The lowest BCUT2D eigenvalue weighted by Crippen LogP contribution is -2.21. The average Bonchev–Trinajstić information content (AvgIpc) is 3.15. The normalized spacial score (nSPS) is 15.9. The largest absolute Gasteiger partial charge is 0.454 e. The Labute approximate surface area is 174 Å². The van der Waals surface area contributed by atoms with E-state index in [1.54, 1.807) is 18.2 Å². The van der Waals surface area contributed by atoms with Crippen LogP contribution in [-0.4, -0.2) is 4.98 Å². The van der Waals surface area contributed by atoms with Crippen LogP contribution in [0.4, 0.5) is 22.0 Å². The van der Waals surface area contributed by atoms with Crippen LogP contribution in [0.2, 0.25) is 0 Å². The van der Waals surface area contributed by atoms with Crippen LogP contribution in [-0.2, 0) is 6.11 Å². The first-order chi connectivity index (χ1) is 14.3. The first-order valence-electron chi connectivity index (χ1n) is 9.62. The second-order valence-corrected chi connectivity index (χ2v) is 8.35. The first kappa shape index (κ1) is 20.8. The van der Waals surface area contributed by atoms with Crippen molar-refractivity contribution < 1.29 is 26.7 Å². The molecule has 2 aromatic carbocycles. The SMILES string of the molecule is Fc1cc(OC(F)(F)c2nc3ccc(/C=C/C4CCCCC4)cc3s2)cc(F)c1F. The van der Waals surface area contributed by atoms with E-state index in [1.807, 2.05) is 6.08 Å². The predicted molar refractivity (Wildman–Crippen MR) is 106 cm³/mol. The van der Waals surface area contributed by atoms with Gasteiger partial charge in [0.2, 0.25) is 5.01 Å². The number of nitrogens with zero attached hydrogens (tertiary/aromatic N) is 1. The Morgan fingerprint density at radius 1 is 1.00 bits per heavy atom. The number of hydrogen-bond acceptors (Lipinski definition) is 3. The van der Waals surface area contributed by atoms with E-state index in [0.29, 0.717) is 28.3 Å². The number of benzene rings is 2. The number of allylic oxidation sites excluding steroid dienone is 1. The standard InChI is InChI=1S/C22H18F5NOS/c23-16-11-15(12-17(24)20(16)25)29-22(26,27)21-28-18-9-8-14(10-19(18)30-21)7-6-13-4-2-1-3-5-13/h6-13H,1-5H2/b7-6+. The molecular weight excluding hydrogens is 421 g/mol. The quantitative estimate of drug-likeness (QED) is 0.305. The highest BCUT2D eigenvalue weighted by Gasteiger charge is 2.39. The summed E-state index contributed by atoms with van der Waals surface area (Å²) >= 11 is 0.729. The average molecular weight is 439 g/mol. The van der Waals surface area contributed by atoms with E-state index in [4.69, 9.17) is 0 Å². The van der Waals surface area contributed by atoms with Gasteiger partial charge in [0.1, 0.15) is 5.75 Å². The smallest absolute Gasteiger partial charge is 0.427 e. The molecule has 3 aromatic rings. The Kier molecular flexibility index (Phi) is 5.77. The van der Waals surface area contributed by atoms with Crippen LogP contribution >= 0.6 is 11.3 Å². The van der Waals surface area contributed by atoms with Crippen LogP contribution < -0.4 is 4.74 Å². The van der Waals surface area contributed by atoms with Crippen molar-refractivity contribution in [2.45, 2.75) is 38.2 Å². The maximum absolute atomic E-state index is 14.5. The van der Waals surface area contributed by atoms with E-state index in [9.17, 15) is 22.0 Å². The Morgan fingerprint density at radius 3 is 2.40 bits per heavy atom. The van der Waals surface area contributed by atoms with Gasteiger partial charge in [-0.05, 0) is 36.5 Å². The van der Waals surface area contributed by atoms with Gasteiger partial charge in [0.25, 0.3) is 0 Å². The third kappa shape index (κ3) is 4.48. The Morgan fingerprint density at radius 2 is 1.70 bits per heavy atom. The minimum absolute atomic E-state index is 0.365. The van der Waals surface area contributed by atoms with Gasteiger partial charge in [-0.25, -0.2) is 18.2 Å². The van der Waals surface area contributed by atoms with Gasteiger partial charge in [0.15, 0.2) is 17.5 Å². The van der Waals surface area contributed by atoms with Gasteiger partial charge in [0.05, 0.1) is 10.2 Å². The molecule has 0 N–H and O–H groups in total. The molecule has 1 fully saturated rings. The molecule has 1 aromatic heterocycles. The van der Waals surface area contributed by atoms with E-state index in [2.05, 4.69) is 15.8 Å². The molecule has 0 spiro atoms. The summed E-state index contributed by atoms with van der Waals surface area (Å²) in [6.45, 7) is 0. The fraction of sp³-hybridized carbons (Fsp3) is 0.318. The van der Waals surface area contributed by atoms with Gasteiger partial charge in [-0.1, -0.05) is 37.5 Å². The number of rotatable bonds is 5. The van der Waals surface area contributed by atoms with E-state index in [1.165, 1.54) is 19.3 Å². The van der Waals surface area contributed by atoms with Crippen molar-refractivity contribution in [1.29, 1.82) is 0 Å². The van der Waals surface area contributed by atoms with Gasteiger partial charge in [-0.15, -0.1) is 11.3 Å². The second-order valence-electron chi connectivity index (χ2n) is 7.32. The second kappa shape index (κ2) is 8.34. The molecule has 0 radical (unpaired) electrons. The summed E-state index contributed by atoms with van der Waals surface area (Å²) in [5.41, 5.74) is 1.25. The van der Waals surface area contributed by atoms with E-state index in [0.717, 1.165) is 29.7 Å². The Hall–Kier alpha value is -2.48. The maximum atomic E-state index is 14.5. The molecule has 0 bridgehead atoms. The van der Waals surface area contributed by atoms with Crippen molar-refractivity contribution >= 4 is 27.6 Å². The molecule has 0 aliphatic heterocycles. The molecule has 8 heteroatoms. The highest BCUT2D eigenvalue weighted by molar-refractivity contribution is 7.18. The zero-order chi connectivity index (χ0) is 21.3. The summed E-state index contributed by atoms with van der Waals surface area (Å²) in [6.07, 6.45) is 6.28. The van der Waals surface area contributed by atoms with E-state index in [-0.39, 0.29) is 0 Å². The number of hydrogen-bond donors (Lipinski definition) is 0. The Balaban J connectivity index is 1.55. The van der Waals surface area contributed by atoms with Crippen LogP contribution in [0, 0.1) is 23.4 Å². The summed E-state index contributed by atoms with van der Waals surface area (Å²) in [5, 5.41) is -0.656. The van der Waals surface area contributed by atoms with Gasteiger partial charge in [-0.2, -0.15) is 8.78 Å². The minimum Gasteiger partial charge on any atom is -0.427 e. The first-order valence-corrected chi connectivity index (χ1v) is 10.4.